The lowest BCUT2D eigenvalue weighted by molar-refractivity contribution is 0.102. The number of Topliss-reactive ketones (excluding diaryl/α,β-unsaturated/α-hetero) is 1. The first-order valence-corrected chi connectivity index (χ1v) is 16.2. The van der Waals surface area contributed by atoms with E-state index in [4.69, 9.17) is 4.42 Å². The lowest BCUT2D eigenvalue weighted by Crippen LogP contribution is -2.39. The van der Waals surface area contributed by atoms with Crippen LogP contribution in [0.4, 0.5) is 0 Å². The number of carbonyl (C=O) groups excluding carboxylic acids is 1. The Morgan fingerprint density at radius 2 is 1.26 bits per heavy atom. The fraction of sp³-hybridized carbons (Fsp3) is 0.0682. The highest BCUT2D eigenvalue weighted by Gasteiger charge is 2.48. The van der Waals surface area contributed by atoms with Crippen molar-refractivity contribution >= 4 is 49.5 Å². The minimum atomic E-state index is -0.620. The van der Waals surface area contributed by atoms with Gasteiger partial charge < -0.3 is 8.98 Å². The molecule has 3 heteroatoms. The molecule has 0 N–H and O–H groups in total. The number of ketones is 1. The summed E-state index contributed by atoms with van der Waals surface area (Å²) >= 11 is 0. The summed E-state index contributed by atoms with van der Waals surface area (Å²) in [6.07, 6.45) is 5.15. The zero-order valence-corrected chi connectivity index (χ0v) is 25.6. The second-order valence-electron chi connectivity index (χ2n) is 12.7. The van der Waals surface area contributed by atoms with E-state index in [2.05, 4.69) is 138 Å². The molecule has 0 fully saturated rings. The van der Waals surface area contributed by atoms with E-state index in [1.807, 2.05) is 24.3 Å². The highest BCUT2D eigenvalue weighted by molar-refractivity contribution is 6.17. The van der Waals surface area contributed by atoms with Crippen LogP contribution in [0, 0.1) is 0 Å². The Bertz CT molecular complexity index is 2580. The van der Waals surface area contributed by atoms with Gasteiger partial charge in [0.1, 0.15) is 11.2 Å². The van der Waals surface area contributed by atoms with Gasteiger partial charge in [0.25, 0.3) is 0 Å². The molecule has 8 aromatic rings. The first-order chi connectivity index (χ1) is 23.2. The molecular weight excluding hydrogens is 574 g/mol. The van der Waals surface area contributed by atoms with E-state index in [9.17, 15) is 4.79 Å². The van der Waals surface area contributed by atoms with E-state index in [-0.39, 0.29) is 11.8 Å². The van der Waals surface area contributed by atoms with Crippen LogP contribution in [0.5, 0.6) is 0 Å². The van der Waals surface area contributed by atoms with Gasteiger partial charge in [0.15, 0.2) is 5.78 Å². The molecule has 0 radical (unpaired) electrons. The fourth-order valence-electron chi connectivity index (χ4n) is 8.49. The van der Waals surface area contributed by atoms with E-state index < -0.39 is 5.41 Å². The van der Waals surface area contributed by atoms with Crippen LogP contribution >= 0.6 is 0 Å². The predicted octanol–water partition coefficient (Wildman–Crippen LogP) is 10.7. The van der Waals surface area contributed by atoms with Gasteiger partial charge in [-0.15, -0.1) is 0 Å². The second-order valence-corrected chi connectivity index (χ2v) is 12.7. The standard InChI is InChI=1S/C44H29NO2/c46-43-33-19-7-10-20-37(33)44(28-13-3-1-4-14-28,29-15-5-2-6-16-29)38-24-23-30(25-36(38)43)45-39-21-11-8-17-31(39)34-26-35-32-18-9-12-22-41(32)47-42(35)27-40(34)45/h1-24,26-27,30H,25H2. The van der Waals surface area contributed by atoms with Crippen molar-refractivity contribution in [3.05, 3.63) is 191 Å². The van der Waals surface area contributed by atoms with Crippen molar-refractivity contribution in [1.29, 1.82) is 0 Å². The van der Waals surface area contributed by atoms with Crippen LogP contribution in [0.15, 0.2) is 173 Å². The average molecular weight is 604 g/mol. The molecule has 0 saturated carbocycles. The number of hydrogen-bond acceptors (Lipinski definition) is 2. The summed E-state index contributed by atoms with van der Waals surface area (Å²) < 4.78 is 8.79. The maximum absolute atomic E-state index is 14.6. The quantitative estimate of drug-likeness (QED) is 0.201. The van der Waals surface area contributed by atoms with Gasteiger partial charge in [0.05, 0.1) is 17.0 Å². The lowest BCUT2D eigenvalue weighted by Gasteiger charge is -2.44. The Morgan fingerprint density at radius 1 is 0.596 bits per heavy atom. The van der Waals surface area contributed by atoms with Crippen molar-refractivity contribution in [2.24, 2.45) is 0 Å². The van der Waals surface area contributed by atoms with Crippen molar-refractivity contribution in [3.8, 4) is 0 Å². The van der Waals surface area contributed by atoms with Gasteiger partial charge in [-0.05, 0) is 40.5 Å². The third-order valence-electron chi connectivity index (χ3n) is 10.4. The summed E-state index contributed by atoms with van der Waals surface area (Å²) in [4.78, 5) is 14.6. The average Bonchev–Trinajstić information content (AvgIpc) is 3.66. The van der Waals surface area contributed by atoms with E-state index in [0.29, 0.717) is 6.42 Å². The number of benzene rings is 6. The fourth-order valence-corrected chi connectivity index (χ4v) is 8.49. The third-order valence-corrected chi connectivity index (χ3v) is 10.4. The maximum Gasteiger partial charge on any atom is 0.189 e. The molecule has 3 nitrogen and oxygen atoms in total. The number of aromatic nitrogens is 1. The molecule has 2 aromatic heterocycles. The van der Waals surface area contributed by atoms with Crippen molar-refractivity contribution in [3.63, 3.8) is 0 Å². The number of nitrogens with zero attached hydrogens (tertiary/aromatic N) is 1. The van der Waals surface area contributed by atoms with Gasteiger partial charge in [-0.25, -0.2) is 0 Å². The summed E-state index contributed by atoms with van der Waals surface area (Å²) in [5, 5.41) is 4.63. The number of hydrogen-bond donors (Lipinski definition) is 0. The predicted molar refractivity (Wildman–Crippen MR) is 190 cm³/mol. The van der Waals surface area contributed by atoms with Crippen LogP contribution in [0.25, 0.3) is 43.7 Å². The molecular formula is C44H29NO2. The lowest BCUT2D eigenvalue weighted by atomic mass is 9.58. The SMILES string of the molecule is O=C1C2=C(C=CC(n3c4ccccc4c4cc5c(cc43)oc3ccccc35)C2)C(c2ccccc2)(c2ccccc2)c2ccccc21. The second kappa shape index (κ2) is 9.78. The van der Waals surface area contributed by atoms with Crippen molar-refractivity contribution in [2.75, 3.05) is 0 Å². The number of allylic oxidation sites excluding steroid dienone is 4. The minimum Gasteiger partial charge on any atom is -0.456 e. The molecule has 0 amide bonds. The van der Waals surface area contributed by atoms with Gasteiger partial charge in [-0.1, -0.05) is 133 Å². The Balaban J connectivity index is 1.23. The molecule has 1 atom stereocenters. The zero-order chi connectivity index (χ0) is 31.1. The van der Waals surface area contributed by atoms with Crippen LogP contribution in [-0.4, -0.2) is 10.4 Å². The highest BCUT2D eigenvalue weighted by Crippen LogP contribution is 2.54. The monoisotopic (exact) mass is 603 g/mol. The first kappa shape index (κ1) is 26.3. The Labute approximate surface area is 271 Å². The zero-order valence-electron chi connectivity index (χ0n) is 25.6. The van der Waals surface area contributed by atoms with E-state index in [0.717, 1.165) is 66.4 Å². The molecule has 47 heavy (non-hydrogen) atoms. The van der Waals surface area contributed by atoms with E-state index in [1.165, 1.54) is 10.8 Å². The van der Waals surface area contributed by atoms with Gasteiger partial charge in [-0.3, -0.25) is 4.79 Å². The topological polar surface area (TPSA) is 35.1 Å². The Morgan fingerprint density at radius 3 is 2.04 bits per heavy atom. The smallest absolute Gasteiger partial charge is 0.189 e. The third kappa shape index (κ3) is 3.54. The van der Waals surface area contributed by atoms with Gasteiger partial charge in [0, 0.05) is 50.7 Å². The largest absolute Gasteiger partial charge is 0.456 e. The number of rotatable bonds is 3. The van der Waals surface area contributed by atoms with Crippen molar-refractivity contribution in [2.45, 2.75) is 17.9 Å². The number of furan rings is 1. The molecule has 2 aliphatic carbocycles. The maximum atomic E-state index is 14.6. The number of para-hydroxylation sites is 2. The van der Waals surface area contributed by atoms with E-state index >= 15 is 0 Å². The molecule has 0 aliphatic heterocycles. The molecule has 222 valence electrons. The minimum absolute atomic E-state index is 0.0589. The molecule has 2 aliphatic rings. The first-order valence-electron chi connectivity index (χ1n) is 16.2. The molecule has 0 spiro atoms. The Kier molecular flexibility index (Phi) is 5.48. The number of fused-ring (bicyclic) bond motifs is 7. The van der Waals surface area contributed by atoms with Gasteiger partial charge >= 0.3 is 0 Å². The van der Waals surface area contributed by atoms with Crippen LogP contribution in [0.1, 0.15) is 39.5 Å². The molecule has 10 rings (SSSR count). The number of carbonyl (C=O) groups is 1. The molecule has 1 unspecified atom stereocenters. The summed E-state index contributed by atoms with van der Waals surface area (Å²) in [6.45, 7) is 0. The summed E-state index contributed by atoms with van der Waals surface area (Å²) in [6, 6.07) is 50.8. The molecule has 6 aromatic carbocycles. The van der Waals surface area contributed by atoms with Crippen LogP contribution < -0.4 is 0 Å². The van der Waals surface area contributed by atoms with E-state index in [1.54, 1.807) is 0 Å². The van der Waals surface area contributed by atoms with Crippen LogP contribution in [-0.2, 0) is 5.41 Å². The normalized spacial score (nSPS) is 17.1. The highest BCUT2D eigenvalue weighted by atomic mass is 16.3. The summed E-state index contributed by atoms with van der Waals surface area (Å²) in [5.74, 6) is 0.118. The van der Waals surface area contributed by atoms with Crippen LogP contribution in [0.3, 0.4) is 0 Å². The summed E-state index contributed by atoms with van der Waals surface area (Å²) in [7, 11) is 0. The summed E-state index contributed by atoms with van der Waals surface area (Å²) in [5.41, 5.74) is 9.47. The molecule has 0 saturated heterocycles. The van der Waals surface area contributed by atoms with Crippen molar-refractivity contribution < 1.29 is 9.21 Å². The van der Waals surface area contributed by atoms with Gasteiger partial charge in [-0.2, -0.15) is 0 Å². The van der Waals surface area contributed by atoms with Gasteiger partial charge in [0.2, 0.25) is 0 Å². The van der Waals surface area contributed by atoms with Crippen LogP contribution in [0.2, 0.25) is 0 Å². The molecule has 0 bridgehead atoms. The molecule has 2 heterocycles. The van der Waals surface area contributed by atoms with Crippen molar-refractivity contribution in [1.82, 2.24) is 4.57 Å². The Hall–Kier alpha value is -5.93.